The van der Waals surface area contributed by atoms with Gasteiger partial charge in [-0.1, -0.05) is 40.9 Å². The third-order valence-electron chi connectivity index (χ3n) is 5.11. The Balaban J connectivity index is 1.37. The number of hydrogen-bond donors (Lipinski definition) is 0. The molecule has 1 aliphatic heterocycles. The van der Waals surface area contributed by atoms with Crippen molar-refractivity contribution in [3.63, 3.8) is 0 Å². The number of aryl methyl sites for hydroxylation is 2. The number of fused-ring (bicyclic) bond motifs is 2. The van der Waals surface area contributed by atoms with Gasteiger partial charge in [0.1, 0.15) is 11.3 Å². The second-order valence-electron chi connectivity index (χ2n) is 6.93. The van der Waals surface area contributed by atoms with E-state index in [1.165, 1.54) is 21.9 Å². The topological polar surface area (TPSA) is 32.3 Å². The van der Waals surface area contributed by atoms with Crippen LogP contribution in [0.5, 0.6) is 0 Å². The van der Waals surface area contributed by atoms with Gasteiger partial charge in [0.25, 0.3) is 0 Å². The van der Waals surface area contributed by atoms with Crippen LogP contribution >= 0.6 is 22.7 Å². The minimum absolute atomic E-state index is 0.242. The molecule has 0 radical (unpaired) electrons. The highest BCUT2D eigenvalue weighted by atomic mass is 32.1. The van der Waals surface area contributed by atoms with E-state index >= 15 is 0 Å². The SMILES string of the molecule is Cc1ccc(C)c2sc(N3CCN(c4nc5c(F)cccc5s4)CC3)nc12. The first-order valence-electron chi connectivity index (χ1n) is 9.02. The third-order valence-corrected chi connectivity index (χ3v) is 7.44. The maximum absolute atomic E-state index is 13.9. The van der Waals surface area contributed by atoms with Crippen LogP contribution in [0.4, 0.5) is 14.7 Å². The standard InChI is InChI=1S/C20H19FN4S2/c1-12-6-7-13(2)18-16(12)22-20(27-18)25-10-8-24(9-11-25)19-23-17-14(21)4-3-5-15(17)26-19/h3-7H,8-11H2,1-2H3. The van der Waals surface area contributed by atoms with Crippen LogP contribution in [0.2, 0.25) is 0 Å². The van der Waals surface area contributed by atoms with E-state index < -0.39 is 0 Å². The van der Waals surface area contributed by atoms with Gasteiger partial charge in [-0.15, -0.1) is 0 Å². The van der Waals surface area contributed by atoms with Gasteiger partial charge in [0.15, 0.2) is 10.3 Å². The number of halogens is 1. The minimum Gasteiger partial charge on any atom is -0.345 e. The van der Waals surface area contributed by atoms with Gasteiger partial charge >= 0.3 is 0 Å². The molecule has 0 amide bonds. The maximum atomic E-state index is 13.9. The lowest BCUT2D eigenvalue weighted by Crippen LogP contribution is -2.46. The smallest absolute Gasteiger partial charge is 0.186 e. The molecule has 0 saturated carbocycles. The van der Waals surface area contributed by atoms with Crippen molar-refractivity contribution in [1.82, 2.24) is 9.97 Å². The van der Waals surface area contributed by atoms with Crippen LogP contribution < -0.4 is 9.80 Å². The van der Waals surface area contributed by atoms with E-state index in [0.29, 0.717) is 5.52 Å². The highest BCUT2D eigenvalue weighted by Gasteiger charge is 2.23. The predicted molar refractivity (Wildman–Crippen MR) is 113 cm³/mol. The molecule has 0 atom stereocenters. The summed E-state index contributed by atoms with van der Waals surface area (Å²) in [6, 6.07) is 9.46. The average molecular weight is 399 g/mol. The highest BCUT2D eigenvalue weighted by Crippen LogP contribution is 2.35. The van der Waals surface area contributed by atoms with Crippen molar-refractivity contribution in [2.75, 3.05) is 36.0 Å². The Hall–Kier alpha value is -2.25. The first-order chi connectivity index (χ1) is 13.1. The molecule has 4 aromatic rings. The zero-order valence-corrected chi connectivity index (χ0v) is 16.8. The Bertz CT molecular complexity index is 1100. The zero-order valence-electron chi connectivity index (χ0n) is 15.2. The summed E-state index contributed by atoms with van der Waals surface area (Å²) in [5, 5.41) is 2.00. The summed E-state index contributed by atoms with van der Waals surface area (Å²) in [6.07, 6.45) is 0. The summed E-state index contributed by atoms with van der Waals surface area (Å²) in [4.78, 5) is 14.0. The molecule has 1 saturated heterocycles. The lowest BCUT2D eigenvalue weighted by atomic mass is 10.1. The van der Waals surface area contributed by atoms with Gasteiger partial charge in [0.2, 0.25) is 0 Å². The van der Waals surface area contributed by atoms with E-state index in [0.717, 1.165) is 46.7 Å². The molecule has 0 spiro atoms. The van der Waals surface area contributed by atoms with Gasteiger partial charge in [0, 0.05) is 26.2 Å². The van der Waals surface area contributed by atoms with Crippen molar-refractivity contribution < 1.29 is 4.39 Å². The molecule has 0 bridgehead atoms. The van der Waals surface area contributed by atoms with Crippen LogP contribution in [0.25, 0.3) is 20.4 Å². The first-order valence-corrected chi connectivity index (χ1v) is 10.6. The summed E-state index contributed by atoms with van der Waals surface area (Å²) < 4.78 is 16.1. The summed E-state index contributed by atoms with van der Waals surface area (Å²) in [5.41, 5.74) is 4.12. The fourth-order valence-corrected chi connectivity index (χ4v) is 5.71. The third kappa shape index (κ3) is 2.85. The number of hydrogen-bond acceptors (Lipinski definition) is 6. The fourth-order valence-electron chi connectivity index (χ4n) is 3.51. The number of piperazine rings is 1. The van der Waals surface area contributed by atoms with Gasteiger partial charge in [-0.2, -0.15) is 0 Å². The van der Waals surface area contributed by atoms with Gasteiger partial charge in [-0.3, -0.25) is 0 Å². The Morgan fingerprint density at radius 3 is 2.11 bits per heavy atom. The van der Waals surface area contributed by atoms with Crippen LogP contribution in [-0.4, -0.2) is 36.1 Å². The van der Waals surface area contributed by atoms with Crippen LogP contribution in [0.3, 0.4) is 0 Å². The molecule has 7 heteroatoms. The van der Waals surface area contributed by atoms with Crippen molar-refractivity contribution in [2.24, 2.45) is 0 Å². The maximum Gasteiger partial charge on any atom is 0.186 e. The number of anilines is 2. The molecule has 5 rings (SSSR count). The van der Waals surface area contributed by atoms with Crippen molar-refractivity contribution in [1.29, 1.82) is 0 Å². The van der Waals surface area contributed by atoms with Gasteiger partial charge < -0.3 is 9.80 Å². The molecule has 3 heterocycles. The molecule has 27 heavy (non-hydrogen) atoms. The lowest BCUT2D eigenvalue weighted by molar-refractivity contribution is 0.635. The molecular formula is C20H19FN4S2. The van der Waals surface area contributed by atoms with Crippen LogP contribution in [-0.2, 0) is 0 Å². The number of benzene rings is 2. The van der Waals surface area contributed by atoms with Crippen LogP contribution in [0, 0.1) is 19.7 Å². The van der Waals surface area contributed by atoms with Crippen molar-refractivity contribution >= 4 is 53.4 Å². The normalized spacial score (nSPS) is 15.2. The quantitative estimate of drug-likeness (QED) is 0.476. The minimum atomic E-state index is -0.242. The molecule has 0 unspecified atom stereocenters. The molecule has 0 N–H and O–H groups in total. The summed E-state index contributed by atoms with van der Waals surface area (Å²) in [5.74, 6) is -0.242. The van der Waals surface area contributed by atoms with Gasteiger partial charge in [0.05, 0.1) is 14.9 Å². The van der Waals surface area contributed by atoms with Crippen molar-refractivity contribution in [3.8, 4) is 0 Å². The van der Waals surface area contributed by atoms with Crippen LogP contribution in [0.1, 0.15) is 11.1 Å². The second-order valence-corrected chi connectivity index (χ2v) is 8.92. The number of nitrogens with zero attached hydrogens (tertiary/aromatic N) is 4. The predicted octanol–water partition coefficient (Wildman–Crippen LogP) is 4.99. The molecular weight excluding hydrogens is 379 g/mol. The largest absolute Gasteiger partial charge is 0.345 e. The van der Waals surface area contributed by atoms with Gasteiger partial charge in [-0.05, 0) is 37.1 Å². The van der Waals surface area contributed by atoms with Crippen molar-refractivity contribution in [2.45, 2.75) is 13.8 Å². The van der Waals surface area contributed by atoms with E-state index in [4.69, 9.17) is 4.98 Å². The summed E-state index contributed by atoms with van der Waals surface area (Å²) in [7, 11) is 0. The van der Waals surface area contributed by atoms with E-state index in [1.54, 1.807) is 28.7 Å². The van der Waals surface area contributed by atoms with Crippen molar-refractivity contribution in [3.05, 3.63) is 47.3 Å². The second kappa shape index (κ2) is 6.42. The molecule has 138 valence electrons. The molecule has 2 aromatic carbocycles. The number of para-hydroxylation sites is 1. The molecule has 1 aliphatic rings. The fraction of sp³-hybridized carbons (Fsp3) is 0.300. The summed E-state index contributed by atoms with van der Waals surface area (Å²) >= 11 is 3.35. The van der Waals surface area contributed by atoms with E-state index in [1.807, 2.05) is 6.07 Å². The first kappa shape index (κ1) is 16.9. The molecule has 2 aromatic heterocycles. The molecule has 4 nitrogen and oxygen atoms in total. The lowest BCUT2D eigenvalue weighted by Gasteiger charge is -2.34. The van der Waals surface area contributed by atoms with E-state index in [-0.39, 0.29) is 5.82 Å². The number of aromatic nitrogens is 2. The molecule has 0 aliphatic carbocycles. The molecule has 1 fully saturated rings. The number of thiazole rings is 2. The van der Waals surface area contributed by atoms with E-state index in [9.17, 15) is 4.39 Å². The Labute approximate surface area is 164 Å². The zero-order chi connectivity index (χ0) is 18.5. The Morgan fingerprint density at radius 1 is 0.815 bits per heavy atom. The highest BCUT2D eigenvalue weighted by molar-refractivity contribution is 7.22. The van der Waals surface area contributed by atoms with E-state index in [2.05, 4.69) is 40.8 Å². The Kier molecular flexibility index (Phi) is 4.02. The average Bonchev–Trinajstić information content (AvgIpc) is 3.31. The monoisotopic (exact) mass is 398 g/mol. The Morgan fingerprint density at radius 2 is 1.44 bits per heavy atom. The summed E-state index contributed by atoms with van der Waals surface area (Å²) in [6.45, 7) is 7.81. The van der Waals surface area contributed by atoms with Gasteiger partial charge in [-0.25, -0.2) is 14.4 Å². The number of rotatable bonds is 2. The van der Waals surface area contributed by atoms with Crippen LogP contribution in [0.15, 0.2) is 30.3 Å².